The number of benzene rings is 4. The highest BCUT2D eigenvalue weighted by atomic mass is 35.5. The molecule has 0 aliphatic carbocycles. The molecule has 2 aromatic heterocycles. The summed E-state index contributed by atoms with van der Waals surface area (Å²) in [5.41, 5.74) is 4.13. The molecular weight excluding hydrogens is 594 g/mol. The predicted molar refractivity (Wildman–Crippen MR) is 165 cm³/mol. The van der Waals surface area contributed by atoms with Crippen molar-refractivity contribution in [3.8, 4) is 34.0 Å². The number of nitrogens with zero attached hydrogens (tertiary/aromatic N) is 3. The Labute approximate surface area is 256 Å². The quantitative estimate of drug-likeness (QED) is 0.187. The van der Waals surface area contributed by atoms with E-state index < -0.39 is 11.7 Å². The van der Waals surface area contributed by atoms with Gasteiger partial charge in [-0.3, -0.25) is 0 Å². The highest BCUT2D eigenvalue weighted by Crippen LogP contribution is 2.42. The average molecular weight is 618 g/mol. The Bertz CT molecular complexity index is 1930. The number of hydrogen-bond acceptors (Lipinski definition) is 3. The molecule has 0 aliphatic rings. The average Bonchev–Trinajstić information content (AvgIpc) is 3.36. The molecule has 0 amide bonds. The fourth-order valence-electron chi connectivity index (χ4n) is 4.79. The minimum atomic E-state index is -4.66. The maximum Gasteiger partial charge on any atom is 0.417 e. The van der Waals surface area contributed by atoms with Gasteiger partial charge in [-0.05, 0) is 68.4 Å². The summed E-state index contributed by atoms with van der Waals surface area (Å²) in [7, 11) is 0. The van der Waals surface area contributed by atoms with Crippen LogP contribution < -0.4 is 4.74 Å². The maximum atomic E-state index is 14.7. The molecule has 6 rings (SSSR count). The molecule has 6 aromatic rings. The second-order valence-corrected chi connectivity index (χ2v) is 11.1. The zero-order chi connectivity index (χ0) is 30.3. The molecule has 0 spiro atoms. The molecule has 4 aromatic carbocycles. The summed E-state index contributed by atoms with van der Waals surface area (Å²) in [6.07, 6.45) is -4.66. The van der Waals surface area contributed by atoms with Crippen molar-refractivity contribution in [2.45, 2.75) is 26.6 Å². The van der Waals surface area contributed by atoms with Crippen molar-refractivity contribution < 1.29 is 17.9 Å². The van der Waals surface area contributed by atoms with Crippen molar-refractivity contribution in [1.29, 1.82) is 0 Å². The molecule has 9 heteroatoms. The van der Waals surface area contributed by atoms with Gasteiger partial charge in [-0.15, -0.1) is 0 Å². The number of aryl methyl sites for hydroxylation is 2. The normalized spacial score (nSPS) is 11.7. The smallest absolute Gasteiger partial charge is 0.417 e. The van der Waals surface area contributed by atoms with Gasteiger partial charge >= 0.3 is 6.18 Å². The lowest BCUT2D eigenvalue weighted by Crippen LogP contribution is -2.08. The molecule has 0 saturated carbocycles. The number of rotatable bonds is 6. The fourth-order valence-corrected chi connectivity index (χ4v) is 5.25. The number of fused-ring (bicyclic) bond motifs is 1. The summed E-state index contributed by atoms with van der Waals surface area (Å²) in [5, 5.41) is 5.64. The summed E-state index contributed by atoms with van der Waals surface area (Å²) in [4.78, 5) is 4.75. The van der Waals surface area contributed by atoms with Gasteiger partial charge in [-0.2, -0.15) is 18.3 Å². The van der Waals surface area contributed by atoms with Crippen LogP contribution in [-0.4, -0.2) is 14.8 Å². The second-order valence-electron chi connectivity index (χ2n) is 10.3. The van der Waals surface area contributed by atoms with Crippen LogP contribution in [0.2, 0.25) is 10.0 Å². The first kappa shape index (κ1) is 28.8. The van der Waals surface area contributed by atoms with E-state index in [1.165, 1.54) is 4.68 Å². The van der Waals surface area contributed by atoms with Crippen LogP contribution in [0.5, 0.6) is 5.75 Å². The van der Waals surface area contributed by atoms with Gasteiger partial charge in [0.25, 0.3) is 0 Å². The van der Waals surface area contributed by atoms with Gasteiger partial charge in [-0.25, -0.2) is 9.67 Å². The maximum absolute atomic E-state index is 14.7. The number of hydrogen-bond donors (Lipinski definition) is 0. The molecule has 4 nitrogen and oxygen atoms in total. The summed E-state index contributed by atoms with van der Waals surface area (Å²) < 4.78 is 51.5. The van der Waals surface area contributed by atoms with Crippen LogP contribution in [0.4, 0.5) is 13.2 Å². The van der Waals surface area contributed by atoms with Gasteiger partial charge in [0.2, 0.25) is 0 Å². The third kappa shape index (κ3) is 5.96. The molecule has 0 radical (unpaired) electrons. The Morgan fingerprint density at radius 3 is 2.02 bits per heavy atom. The lowest BCUT2D eigenvalue weighted by Gasteiger charge is -2.13. The Morgan fingerprint density at radius 2 is 1.40 bits per heavy atom. The van der Waals surface area contributed by atoms with E-state index in [0.717, 1.165) is 22.8 Å². The van der Waals surface area contributed by atoms with Crippen molar-refractivity contribution in [2.24, 2.45) is 0 Å². The standard InChI is InChI=1S/C34H24Cl2F3N3O/c1-20-3-7-23(8-4-20)32-31-28(34(37,38)39)18-30(40-33(31)42(41-32)26-13-5-21(2)6-14-26)22-10-15-27(16-11-22)43-19-24-9-12-25(35)17-29(24)36/h3-18H,19H2,1-2H3. The number of ether oxygens (including phenoxy) is 1. The van der Waals surface area contributed by atoms with Crippen molar-refractivity contribution in [2.75, 3.05) is 0 Å². The molecule has 2 heterocycles. The van der Waals surface area contributed by atoms with Gasteiger partial charge in [0.1, 0.15) is 18.1 Å². The molecule has 0 N–H and O–H groups in total. The molecule has 0 atom stereocenters. The van der Waals surface area contributed by atoms with E-state index in [-0.39, 0.29) is 29.0 Å². The van der Waals surface area contributed by atoms with E-state index in [2.05, 4.69) is 0 Å². The lowest BCUT2D eigenvalue weighted by atomic mass is 10.0. The second kappa shape index (κ2) is 11.4. The molecule has 0 bridgehead atoms. The van der Waals surface area contributed by atoms with Crippen LogP contribution in [0.15, 0.2) is 97.1 Å². The number of pyridine rings is 1. The van der Waals surface area contributed by atoms with E-state index in [1.54, 1.807) is 54.6 Å². The van der Waals surface area contributed by atoms with Crippen LogP contribution in [-0.2, 0) is 12.8 Å². The van der Waals surface area contributed by atoms with Crippen LogP contribution >= 0.6 is 23.2 Å². The summed E-state index contributed by atoms with van der Waals surface area (Å²) in [5.74, 6) is 0.526. The zero-order valence-corrected chi connectivity index (χ0v) is 24.6. The molecule has 0 aliphatic heterocycles. The highest BCUT2D eigenvalue weighted by Gasteiger charge is 2.36. The fraction of sp³-hybridized carbons (Fsp3) is 0.118. The Balaban J connectivity index is 1.46. The number of aromatic nitrogens is 3. The van der Waals surface area contributed by atoms with Crippen LogP contribution in [0.1, 0.15) is 22.3 Å². The topological polar surface area (TPSA) is 39.9 Å². The Kier molecular flexibility index (Phi) is 7.63. The van der Waals surface area contributed by atoms with E-state index >= 15 is 0 Å². The Morgan fingerprint density at radius 1 is 0.767 bits per heavy atom. The first-order valence-electron chi connectivity index (χ1n) is 13.4. The lowest BCUT2D eigenvalue weighted by molar-refractivity contribution is -0.136. The van der Waals surface area contributed by atoms with Gasteiger partial charge in [0, 0.05) is 26.7 Å². The van der Waals surface area contributed by atoms with Crippen LogP contribution in [0.3, 0.4) is 0 Å². The summed E-state index contributed by atoms with van der Waals surface area (Å²) >= 11 is 12.2. The van der Waals surface area contributed by atoms with Crippen molar-refractivity contribution in [3.63, 3.8) is 0 Å². The molecule has 0 fully saturated rings. The third-order valence-corrected chi connectivity index (χ3v) is 7.69. The first-order valence-corrected chi connectivity index (χ1v) is 14.1. The van der Waals surface area contributed by atoms with Gasteiger partial charge < -0.3 is 4.74 Å². The number of halogens is 5. The molecule has 216 valence electrons. The summed E-state index contributed by atoms with van der Waals surface area (Å²) in [6, 6.07) is 27.6. The van der Waals surface area contributed by atoms with Crippen molar-refractivity contribution in [3.05, 3.63) is 129 Å². The van der Waals surface area contributed by atoms with Gasteiger partial charge in [0.15, 0.2) is 5.65 Å². The minimum Gasteiger partial charge on any atom is -0.489 e. The largest absolute Gasteiger partial charge is 0.489 e. The van der Waals surface area contributed by atoms with Gasteiger partial charge in [0.05, 0.1) is 22.3 Å². The summed E-state index contributed by atoms with van der Waals surface area (Å²) in [6.45, 7) is 4.07. The van der Waals surface area contributed by atoms with E-state index in [1.807, 2.05) is 50.2 Å². The zero-order valence-electron chi connectivity index (χ0n) is 23.1. The van der Waals surface area contributed by atoms with Crippen molar-refractivity contribution in [1.82, 2.24) is 14.8 Å². The predicted octanol–water partition coefficient (Wildman–Crippen LogP) is 10.3. The third-order valence-electron chi connectivity index (χ3n) is 7.11. The minimum absolute atomic E-state index is 0.0551. The Hall–Kier alpha value is -4.33. The SMILES string of the molecule is Cc1ccc(-c2nn(-c3ccc(C)cc3)c3nc(-c4ccc(OCc5ccc(Cl)cc5Cl)cc4)cc(C(F)(F)F)c23)cc1. The van der Waals surface area contributed by atoms with Crippen LogP contribution in [0.25, 0.3) is 39.2 Å². The highest BCUT2D eigenvalue weighted by molar-refractivity contribution is 6.35. The molecule has 43 heavy (non-hydrogen) atoms. The first-order chi connectivity index (χ1) is 20.6. The van der Waals surface area contributed by atoms with E-state index in [9.17, 15) is 13.2 Å². The molecule has 0 unspecified atom stereocenters. The van der Waals surface area contributed by atoms with E-state index in [4.69, 9.17) is 38.0 Å². The van der Waals surface area contributed by atoms with Gasteiger partial charge in [-0.1, -0.05) is 76.8 Å². The number of alkyl halides is 3. The molecule has 0 saturated heterocycles. The van der Waals surface area contributed by atoms with Crippen molar-refractivity contribution >= 4 is 34.2 Å². The van der Waals surface area contributed by atoms with Crippen LogP contribution in [0, 0.1) is 13.8 Å². The van der Waals surface area contributed by atoms with E-state index in [0.29, 0.717) is 32.6 Å². The molecular formula is C34H24Cl2F3N3O. The monoisotopic (exact) mass is 617 g/mol.